The van der Waals surface area contributed by atoms with Gasteiger partial charge in [0.2, 0.25) is 5.91 Å². The van der Waals surface area contributed by atoms with Crippen molar-refractivity contribution in [1.29, 1.82) is 0 Å². The first kappa shape index (κ1) is 11.1. The molecule has 0 unspecified atom stereocenters. The summed E-state index contributed by atoms with van der Waals surface area (Å²) in [6, 6.07) is 9.77. The van der Waals surface area contributed by atoms with Crippen LogP contribution >= 0.6 is 11.6 Å². The molecular weight excluding hydrogens is 198 g/mol. The van der Waals surface area contributed by atoms with Crippen LogP contribution in [0.5, 0.6) is 0 Å². The molecule has 0 aliphatic heterocycles. The van der Waals surface area contributed by atoms with Crippen LogP contribution in [0.3, 0.4) is 0 Å². The fraction of sp³-hybridized carbons (Fsp3) is 0.364. The molecule has 14 heavy (non-hydrogen) atoms. The number of alkyl halides is 1. The predicted molar refractivity (Wildman–Crippen MR) is 58.5 cm³/mol. The van der Waals surface area contributed by atoms with E-state index in [9.17, 15) is 4.79 Å². The maximum Gasteiger partial charge on any atom is 0.240 e. The highest BCUT2D eigenvalue weighted by atomic mass is 35.5. The van der Waals surface area contributed by atoms with Gasteiger partial charge in [0.15, 0.2) is 0 Å². The molecule has 2 nitrogen and oxygen atoms in total. The fourth-order valence-corrected chi connectivity index (χ4v) is 1.56. The molecule has 0 fully saturated rings. The molecule has 0 saturated carbocycles. The van der Waals surface area contributed by atoms with E-state index in [1.807, 2.05) is 30.3 Å². The van der Waals surface area contributed by atoms with Gasteiger partial charge in [-0.1, -0.05) is 30.3 Å². The Hall–Kier alpha value is -1.02. The number of carbonyl (C=O) groups excluding carboxylic acids is 1. The summed E-state index contributed by atoms with van der Waals surface area (Å²) in [6.07, 6.45) is 0.583. The quantitative estimate of drug-likeness (QED) is 0.700. The first-order valence-corrected chi connectivity index (χ1v) is 4.94. The van der Waals surface area contributed by atoms with E-state index in [-0.39, 0.29) is 5.91 Å². The van der Waals surface area contributed by atoms with Gasteiger partial charge < -0.3 is 4.90 Å². The summed E-state index contributed by atoms with van der Waals surface area (Å²) in [6.45, 7) is 0. The van der Waals surface area contributed by atoms with Gasteiger partial charge in [-0.3, -0.25) is 4.79 Å². The molecule has 0 spiro atoms. The van der Waals surface area contributed by atoms with Gasteiger partial charge in [-0.15, -0.1) is 11.6 Å². The van der Waals surface area contributed by atoms with Gasteiger partial charge in [0.25, 0.3) is 0 Å². The third-order valence-electron chi connectivity index (χ3n) is 1.97. The van der Waals surface area contributed by atoms with Crippen LogP contribution in [0, 0.1) is 0 Å². The lowest BCUT2D eigenvalue weighted by molar-refractivity contribution is -0.128. The third-order valence-corrected chi connectivity index (χ3v) is 2.31. The van der Waals surface area contributed by atoms with Crippen molar-refractivity contribution in [2.45, 2.75) is 11.8 Å². The Morgan fingerprint density at radius 3 is 2.43 bits per heavy atom. The Morgan fingerprint density at radius 2 is 1.93 bits per heavy atom. The van der Waals surface area contributed by atoms with Crippen LogP contribution in [-0.2, 0) is 11.2 Å². The molecule has 0 aliphatic rings. The lowest BCUT2D eigenvalue weighted by Crippen LogP contribution is -2.31. The second kappa shape index (κ2) is 5.01. The van der Waals surface area contributed by atoms with Crippen molar-refractivity contribution in [2.24, 2.45) is 0 Å². The highest BCUT2D eigenvalue weighted by molar-refractivity contribution is 6.30. The van der Waals surface area contributed by atoms with Gasteiger partial charge in [-0.25, -0.2) is 0 Å². The van der Waals surface area contributed by atoms with Gasteiger partial charge in [-0.05, 0) is 12.0 Å². The third kappa shape index (κ3) is 3.04. The van der Waals surface area contributed by atoms with E-state index >= 15 is 0 Å². The molecule has 3 heteroatoms. The molecule has 0 aliphatic carbocycles. The van der Waals surface area contributed by atoms with Crippen LogP contribution in [0.15, 0.2) is 30.3 Å². The molecule has 0 bridgehead atoms. The molecule has 1 aromatic rings. The monoisotopic (exact) mass is 211 g/mol. The van der Waals surface area contributed by atoms with Gasteiger partial charge >= 0.3 is 0 Å². The summed E-state index contributed by atoms with van der Waals surface area (Å²) in [7, 11) is 3.42. The maximum atomic E-state index is 11.4. The van der Waals surface area contributed by atoms with Crippen LogP contribution in [-0.4, -0.2) is 30.3 Å². The lowest BCUT2D eigenvalue weighted by atomic mass is 10.1. The molecule has 1 rings (SSSR count). The number of amides is 1. The first-order valence-electron chi connectivity index (χ1n) is 4.50. The van der Waals surface area contributed by atoms with Crippen LogP contribution in [0.25, 0.3) is 0 Å². The molecule has 1 amide bonds. The molecule has 0 saturated heterocycles. The highest BCUT2D eigenvalue weighted by Crippen LogP contribution is 2.09. The molecule has 0 radical (unpaired) electrons. The van der Waals surface area contributed by atoms with Crippen molar-refractivity contribution in [2.75, 3.05) is 14.1 Å². The van der Waals surface area contributed by atoms with Crippen molar-refractivity contribution >= 4 is 17.5 Å². The topological polar surface area (TPSA) is 20.3 Å². The fourth-order valence-electron chi connectivity index (χ4n) is 1.19. The molecular formula is C11H14ClNO. The minimum atomic E-state index is -0.465. The smallest absolute Gasteiger partial charge is 0.240 e. The van der Waals surface area contributed by atoms with Crippen molar-refractivity contribution in [3.8, 4) is 0 Å². The van der Waals surface area contributed by atoms with Gasteiger partial charge in [-0.2, -0.15) is 0 Å². The standard InChI is InChI=1S/C11H14ClNO/c1-13(2)11(14)10(12)8-9-6-4-3-5-7-9/h3-7,10H,8H2,1-2H3/t10-/m0/s1. The maximum absolute atomic E-state index is 11.4. The lowest BCUT2D eigenvalue weighted by Gasteiger charge is -2.14. The van der Waals surface area contributed by atoms with E-state index in [1.54, 1.807) is 14.1 Å². The average Bonchev–Trinajstić information content (AvgIpc) is 2.18. The van der Waals surface area contributed by atoms with E-state index in [4.69, 9.17) is 11.6 Å². The van der Waals surface area contributed by atoms with Crippen LogP contribution < -0.4 is 0 Å². The number of hydrogen-bond acceptors (Lipinski definition) is 1. The van der Waals surface area contributed by atoms with Gasteiger partial charge in [0.1, 0.15) is 5.38 Å². The second-order valence-corrected chi connectivity index (χ2v) is 3.92. The summed E-state index contributed by atoms with van der Waals surface area (Å²) in [5.41, 5.74) is 1.09. The molecule has 0 heterocycles. The Balaban J connectivity index is 2.57. The molecule has 1 atom stereocenters. The minimum Gasteiger partial charge on any atom is -0.348 e. The zero-order valence-electron chi connectivity index (χ0n) is 8.40. The van der Waals surface area contributed by atoms with E-state index in [0.717, 1.165) is 5.56 Å². The van der Waals surface area contributed by atoms with Crippen molar-refractivity contribution in [3.63, 3.8) is 0 Å². The van der Waals surface area contributed by atoms with Crippen LogP contribution in [0.4, 0.5) is 0 Å². The average molecular weight is 212 g/mol. The zero-order valence-corrected chi connectivity index (χ0v) is 9.16. The summed E-state index contributed by atoms with van der Waals surface area (Å²) < 4.78 is 0. The van der Waals surface area contributed by atoms with Crippen molar-refractivity contribution in [3.05, 3.63) is 35.9 Å². The Kier molecular flexibility index (Phi) is 3.96. The summed E-state index contributed by atoms with van der Waals surface area (Å²) >= 11 is 5.97. The van der Waals surface area contributed by atoms with Crippen molar-refractivity contribution in [1.82, 2.24) is 4.90 Å². The van der Waals surface area contributed by atoms with E-state index in [1.165, 1.54) is 4.90 Å². The van der Waals surface area contributed by atoms with Gasteiger partial charge in [0, 0.05) is 14.1 Å². The number of rotatable bonds is 3. The number of benzene rings is 1. The van der Waals surface area contributed by atoms with E-state index in [0.29, 0.717) is 6.42 Å². The molecule has 0 N–H and O–H groups in total. The van der Waals surface area contributed by atoms with Crippen molar-refractivity contribution < 1.29 is 4.79 Å². The van der Waals surface area contributed by atoms with E-state index in [2.05, 4.69) is 0 Å². The minimum absolute atomic E-state index is 0.0458. The highest BCUT2D eigenvalue weighted by Gasteiger charge is 2.17. The largest absolute Gasteiger partial charge is 0.348 e. The number of halogens is 1. The SMILES string of the molecule is CN(C)C(=O)[C@@H](Cl)Cc1ccccc1. The molecule has 1 aromatic carbocycles. The Bertz CT molecular complexity index is 297. The predicted octanol–water partition coefficient (Wildman–Crippen LogP) is 1.92. The first-order chi connectivity index (χ1) is 6.61. The number of nitrogens with zero attached hydrogens (tertiary/aromatic N) is 1. The number of carbonyl (C=O) groups is 1. The molecule has 0 aromatic heterocycles. The van der Waals surface area contributed by atoms with Crippen LogP contribution in [0.2, 0.25) is 0 Å². The van der Waals surface area contributed by atoms with Crippen LogP contribution in [0.1, 0.15) is 5.56 Å². The Morgan fingerprint density at radius 1 is 1.36 bits per heavy atom. The Labute approximate surface area is 89.5 Å². The summed E-state index contributed by atoms with van der Waals surface area (Å²) in [5.74, 6) is -0.0458. The summed E-state index contributed by atoms with van der Waals surface area (Å²) in [4.78, 5) is 13.0. The summed E-state index contributed by atoms with van der Waals surface area (Å²) in [5, 5.41) is -0.465. The normalized spacial score (nSPS) is 12.2. The second-order valence-electron chi connectivity index (χ2n) is 3.39. The zero-order chi connectivity index (χ0) is 10.6. The molecule has 76 valence electrons. The van der Waals surface area contributed by atoms with E-state index < -0.39 is 5.38 Å². The van der Waals surface area contributed by atoms with Gasteiger partial charge in [0.05, 0.1) is 0 Å². The number of hydrogen-bond donors (Lipinski definition) is 0.